The normalized spacial score (nSPS) is 13.7. The van der Waals surface area contributed by atoms with E-state index in [0.717, 1.165) is 16.9 Å². The van der Waals surface area contributed by atoms with Crippen molar-refractivity contribution in [3.05, 3.63) is 64.7 Å². The van der Waals surface area contributed by atoms with Crippen molar-refractivity contribution in [3.63, 3.8) is 0 Å². The lowest BCUT2D eigenvalue weighted by Gasteiger charge is -2.18. The molecule has 1 unspecified atom stereocenters. The Morgan fingerprint density at radius 3 is 2.52 bits per heavy atom. The van der Waals surface area contributed by atoms with Crippen LogP contribution in [0.5, 0.6) is 5.75 Å². The SMILES string of the molecule is COc1cccc([C@@H](C)NCC(O)c2ccc(Cl)cc2)c1. The molecule has 0 bridgehead atoms. The van der Waals surface area contributed by atoms with Gasteiger partial charge in [0.2, 0.25) is 0 Å². The second-order valence-corrected chi connectivity index (χ2v) is 5.41. The number of rotatable bonds is 6. The molecule has 0 aliphatic rings. The molecule has 0 radical (unpaired) electrons. The zero-order chi connectivity index (χ0) is 15.2. The molecule has 0 saturated heterocycles. The minimum absolute atomic E-state index is 0.127. The summed E-state index contributed by atoms with van der Waals surface area (Å²) in [4.78, 5) is 0. The summed E-state index contributed by atoms with van der Waals surface area (Å²) in [5.41, 5.74) is 1.97. The molecule has 2 aromatic rings. The Bertz CT molecular complexity index is 571. The maximum atomic E-state index is 10.2. The molecule has 0 heterocycles. The number of halogens is 1. The summed E-state index contributed by atoms with van der Waals surface area (Å²) >= 11 is 5.84. The fourth-order valence-electron chi connectivity index (χ4n) is 2.12. The molecule has 4 heteroatoms. The minimum atomic E-state index is -0.560. The van der Waals surface area contributed by atoms with E-state index in [0.29, 0.717) is 11.6 Å². The summed E-state index contributed by atoms with van der Waals surface area (Å²) in [5.74, 6) is 0.833. The summed E-state index contributed by atoms with van der Waals surface area (Å²) in [6.45, 7) is 2.53. The number of ether oxygens (including phenoxy) is 1. The molecule has 0 saturated carbocycles. The Morgan fingerprint density at radius 2 is 1.86 bits per heavy atom. The van der Waals surface area contributed by atoms with Crippen LogP contribution in [0.1, 0.15) is 30.2 Å². The molecule has 112 valence electrons. The number of benzene rings is 2. The van der Waals surface area contributed by atoms with Crippen LogP contribution in [0.15, 0.2) is 48.5 Å². The molecular formula is C17H20ClNO2. The highest BCUT2D eigenvalue weighted by Gasteiger charge is 2.11. The first kappa shape index (κ1) is 15.8. The quantitative estimate of drug-likeness (QED) is 0.854. The van der Waals surface area contributed by atoms with E-state index in [9.17, 15) is 5.11 Å². The zero-order valence-corrected chi connectivity index (χ0v) is 13.0. The van der Waals surface area contributed by atoms with Gasteiger partial charge < -0.3 is 15.2 Å². The van der Waals surface area contributed by atoms with Crippen molar-refractivity contribution in [1.82, 2.24) is 5.32 Å². The third-order valence-corrected chi connectivity index (χ3v) is 3.72. The Balaban J connectivity index is 1.93. The summed E-state index contributed by atoms with van der Waals surface area (Å²) in [5, 5.41) is 14.2. The number of aliphatic hydroxyl groups excluding tert-OH is 1. The maximum Gasteiger partial charge on any atom is 0.119 e. The van der Waals surface area contributed by atoms with E-state index in [-0.39, 0.29) is 6.04 Å². The highest BCUT2D eigenvalue weighted by atomic mass is 35.5. The maximum absolute atomic E-state index is 10.2. The number of hydrogen-bond acceptors (Lipinski definition) is 3. The molecule has 3 nitrogen and oxygen atoms in total. The van der Waals surface area contributed by atoms with Crippen molar-refractivity contribution in [2.24, 2.45) is 0 Å². The summed E-state index contributed by atoms with van der Waals surface area (Å²) in [6, 6.07) is 15.3. The van der Waals surface area contributed by atoms with E-state index in [4.69, 9.17) is 16.3 Å². The van der Waals surface area contributed by atoms with Crippen LogP contribution in [0.2, 0.25) is 5.02 Å². The van der Waals surface area contributed by atoms with Gasteiger partial charge >= 0.3 is 0 Å². The molecule has 0 spiro atoms. The van der Waals surface area contributed by atoms with Crippen LogP contribution >= 0.6 is 11.6 Å². The van der Waals surface area contributed by atoms with Crippen LogP contribution in [0.3, 0.4) is 0 Å². The standard InChI is InChI=1S/C17H20ClNO2/c1-12(14-4-3-5-16(10-14)21-2)19-11-17(20)13-6-8-15(18)9-7-13/h3-10,12,17,19-20H,11H2,1-2H3/t12-,17?/m1/s1. The lowest BCUT2D eigenvalue weighted by molar-refractivity contribution is 0.171. The van der Waals surface area contributed by atoms with Crippen molar-refractivity contribution in [2.75, 3.05) is 13.7 Å². The summed E-state index contributed by atoms with van der Waals surface area (Å²) in [6.07, 6.45) is -0.560. The third-order valence-electron chi connectivity index (χ3n) is 3.47. The van der Waals surface area contributed by atoms with Crippen LogP contribution in [0, 0.1) is 0 Å². The molecule has 0 aromatic heterocycles. The third kappa shape index (κ3) is 4.46. The zero-order valence-electron chi connectivity index (χ0n) is 12.2. The van der Waals surface area contributed by atoms with Crippen LogP contribution in [0.25, 0.3) is 0 Å². The Kier molecular flexibility index (Phi) is 5.62. The molecule has 0 aliphatic heterocycles. The lowest BCUT2D eigenvalue weighted by atomic mass is 10.1. The van der Waals surface area contributed by atoms with Gasteiger partial charge in [-0.3, -0.25) is 0 Å². The molecule has 2 aromatic carbocycles. The van der Waals surface area contributed by atoms with Crippen LogP contribution in [-0.2, 0) is 0 Å². The fraction of sp³-hybridized carbons (Fsp3) is 0.294. The van der Waals surface area contributed by atoms with Gasteiger partial charge in [-0.2, -0.15) is 0 Å². The van der Waals surface area contributed by atoms with E-state index >= 15 is 0 Å². The van der Waals surface area contributed by atoms with Gasteiger partial charge in [0.25, 0.3) is 0 Å². The van der Waals surface area contributed by atoms with Crippen molar-refractivity contribution >= 4 is 11.6 Å². The number of nitrogens with one attached hydrogen (secondary N) is 1. The number of hydrogen-bond donors (Lipinski definition) is 2. The van der Waals surface area contributed by atoms with Gasteiger partial charge in [-0.15, -0.1) is 0 Å². The van der Waals surface area contributed by atoms with Crippen LogP contribution in [-0.4, -0.2) is 18.8 Å². The largest absolute Gasteiger partial charge is 0.497 e. The van der Waals surface area contributed by atoms with E-state index in [1.807, 2.05) is 36.4 Å². The average Bonchev–Trinajstić information content (AvgIpc) is 2.53. The molecule has 21 heavy (non-hydrogen) atoms. The van der Waals surface area contributed by atoms with Crippen molar-refractivity contribution in [2.45, 2.75) is 19.1 Å². The first-order valence-corrected chi connectivity index (χ1v) is 7.29. The topological polar surface area (TPSA) is 41.5 Å². The smallest absolute Gasteiger partial charge is 0.119 e. The van der Waals surface area contributed by atoms with E-state index in [2.05, 4.69) is 12.2 Å². The predicted molar refractivity (Wildman–Crippen MR) is 85.8 cm³/mol. The molecular weight excluding hydrogens is 286 g/mol. The monoisotopic (exact) mass is 305 g/mol. The fourth-order valence-corrected chi connectivity index (χ4v) is 2.25. The second kappa shape index (κ2) is 7.46. The van der Waals surface area contributed by atoms with Crippen molar-refractivity contribution in [1.29, 1.82) is 0 Å². The van der Waals surface area contributed by atoms with E-state index in [1.165, 1.54) is 0 Å². The molecule has 0 amide bonds. The summed E-state index contributed by atoms with van der Waals surface area (Å²) < 4.78 is 5.22. The molecule has 0 aliphatic carbocycles. The first-order chi connectivity index (χ1) is 10.1. The van der Waals surface area contributed by atoms with Crippen LogP contribution in [0.4, 0.5) is 0 Å². The van der Waals surface area contributed by atoms with Gasteiger partial charge in [-0.1, -0.05) is 35.9 Å². The van der Waals surface area contributed by atoms with Crippen LogP contribution < -0.4 is 10.1 Å². The molecule has 2 N–H and O–H groups in total. The van der Waals surface area contributed by atoms with Gasteiger partial charge in [0, 0.05) is 17.6 Å². The molecule has 2 atom stereocenters. The Labute approximate surface area is 130 Å². The highest BCUT2D eigenvalue weighted by molar-refractivity contribution is 6.30. The average molecular weight is 306 g/mol. The second-order valence-electron chi connectivity index (χ2n) is 4.97. The first-order valence-electron chi connectivity index (χ1n) is 6.91. The highest BCUT2D eigenvalue weighted by Crippen LogP contribution is 2.20. The lowest BCUT2D eigenvalue weighted by Crippen LogP contribution is -2.24. The van der Waals surface area contributed by atoms with E-state index < -0.39 is 6.10 Å². The van der Waals surface area contributed by atoms with Crippen molar-refractivity contribution in [3.8, 4) is 5.75 Å². The molecule has 0 fully saturated rings. The molecule has 2 rings (SSSR count). The Morgan fingerprint density at radius 1 is 1.14 bits per heavy atom. The van der Waals surface area contributed by atoms with Crippen molar-refractivity contribution < 1.29 is 9.84 Å². The van der Waals surface area contributed by atoms with Gasteiger partial charge in [-0.25, -0.2) is 0 Å². The minimum Gasteiger partial charge on any atom is -0.497 e. The summed E-state index contributed by atoms with van der Waals surface area (Å²) in [7, 11) is 1.65. The van der Waals surface area contributed by atoms with Gasteiger partial charge in [0.1, 0.15) is 5.75 Å². The number of aliphatic hydroxyl groups is 1. The van der Waals surface area contributed by atoms with Gasteiger partial charge in [0.15, 0.2) is 0 Å². The predicted octanol–water partition coefficient (Wildman–Crippen LogP) is 3.73. The van der Waals surface area contributed by atoms with E-state index in [1.54, 1.807) is 19.2 Å². The van der Waals surface area contributed by atoms with Gasteiger partial charge in [-0.05, 0) is 42.3 Å². The Hall–Kier alpha value is -1.55. The van der Waals surface area contributed by atoms with Gasteiger partial charge in [0.05, 0.1) is 13.2 Å². The number of methoxy groups -OCH3 is 1.